The summed E-state index contributed by atoms with van der Waals surface area (Å²) >= 11 is 0. The van der Waals surface area contributed by atoms with Crippen LogP contribution in [0, 0.1) is 34.5 Å². The van der Waals surface area contributed by atoms with Crippen LogP contribution >= 0.6 is 0 Å². The van der Waals surface area contributed by atoms with E-state index in [1.165, 1.54) is 25.7 Å². The van der Waals surface area contributed by atoms with Crippen LogP contribution in [-0.2, 0) is 14.3 Å². The van der Waals surface area contributed by atoms with Gasteiger partial charge in [0.05, 0.1) is 6.10 Å². The van der Waals surface area contributed by atoms with Crippen LogP contribution in [0.1, 0.15) is 97.8 Å². The van der Waals surface area contributed by atoms with Crippen LogP contribution in [0.5, 0.6) is 0 Å². The van der Waals surface area contributed by atoms with Gasteiger partial charge in [-0.05, 0) is 85.9 Å². The highest BCUT2D eigenvalue weighted by Crippen LogP contribution is 2.66. The van der Waals surface area contributed by atoms with E-state index in [1.807, 2.05) is 0 Å². The third-order valence-corrected chi connectivity index (χ3v) is 9.82. The lowest BCUT2D eigenvalue weighted by Crippen LogP contribution is -2.54. The second-order valence-electron chi connectivity index (χ2n) is 11.1. The molecule has 0 aromatic carbocycles. The van der Waals surface area contributed by atoms with Crippen molar-refractivity contribution in [2.45, 2.75) is 110 Å². The Morgan fingerprint density at radius 3 is 2.59 bits per heavy atom. The summed E-state index contributed by atoms with van der Waals surface area (Å²) in [6, 6.07) is 0. The zero-order chi connectivity index (χ0) is 20.8. The first-order chi connectivity index (χ1) is 13.8. The summed E-state index contributed by atoms with van der Waals surface area (Å²) in [5, 5.41) is 9.66. The van der Waals surface area contributed by atoms with Gasteiger partial charge in [-0.15, -0.1) is 0 Å². The molecule has 0 aromatic rings. The van der Waals surface area contributed by atoms with Gasteiger partial charge in [0.15, 0.2) is 6.10 Å². The molecule has 0 saturated heterocycles. The summed E-state index contributed by atoms with van der Waals surface area (Å²) in [7, 11) is 0. The highest BCUT2D eigenvalue weighted by atomic mass is 16.5. The van der Waals surface area contributed by atoms with Crippen LogP contribution in [0.3, 0.4) is 0 Å². The number of ether oxygens (including phenoxy) is 1. The number of carboxylic acids is 1. The third kappa shape index (κ3) is 3.58. The first-order valence-electron chi connectivity index (χ1n) is 12.2. The SMILES string of the molecule is CCCCC(O[C@H]1CC[C@H]2[C@@H]3CC[C@H]4CC(=O)CC[C@]4(C)[C@H]3CC[C@]12C)C(=O)O. The van der Waals surface area contributed by atoms with Gasteiger partial charge in [-0.2, -0.15) is 0 Å². The smallest absolute Gasteiger partial charge is 0.332 e. The number of hydrogen-bond acceptors (Lipinski definition) is 3. The van der Waals surface area contributed by atoms with Crippen molar-refractivity contribution in [2.75, 3.05) is 0 Å². The molecule has 4 fully saturated rings. The maximum absolute atomic E-state index is 12.1. The molecule has 4 rings (SSSR count). The molecular weight excluding hydrogens is 364 g/mol. The monoisotopic (exact) mass is 404 g/mol. The molecule has 4 nitrogen and oxygen atoms in total. The number of aliphatic carboxylic acids is 1. The standard InChI is InChI=1S/C25H40O4/c1-4-5-6-21(23(27)28)29-22-10-9-19-18-8-7-16-15-17(26)11-13-24(16,2)20(18)12-14-25(19,22)3/h16,18-22H,4-15H2,1-3H3,(H,27,28)/t16-,18-,19-,20-,21?,22-,24-,25-/m0/s1. The Hall–Kier alpha value is -0.900. The maximum atomic E-state index is 12.1. The Bertz CT molecular complexity index is 645. The molecule has 0 radical (unpaired) electrons. The van der Waals surface area contributed by atoms with Crippen LogP contribution in [0.4, 0.5) is 0 Å². The van der Waals surface area contributed by atoms with Gasteiger partial charge in [0.2, 0.25) is 0 Å². The van der Waals surface area contributed by atoms with Gasteiger partial charge in [0.25, 0.3) is 0 Å². The summed E-state index contributed by atoms with van der Waals surface area (Å²) in [6.07, 6.45) is 11.7. The Kier molecular flexibility index (Phi) is 5.87. The summed E-state index contributed by atoms with van der Waals surface area (Å²) in [4.78, 5) is 23.8. The minimum absolute atomic E-state index is 0.0878. The number of hydrogen-bond donors (Lipinski definition) is 1. The van der Waals surface area contributed by atoms with Crippen LogP contribution < -0.4 is 0 Å². The molecule has 29 heavy (non-hydrogen) atoms. The highest BCUT2D eigenvalue weighted by molar-refractivity contribution is 5.79. The Labute approximate surface area is 176 Å². The van der Waals surface area contributed by atoms with E-state index in [9.17, 15) is 14.7 Å². The van der Waals surface area contributed by atoms with Gasteiger partial charge >= 0.3 is 5.97 Å². The summed E-state index contributed by atoms with van der Waals surface area (Å²) < 4.78 is 6.33. The normalized spacial score (nSPS) is 45.2. The van der Waals surface area contributed by atoms with Crippen LogP contribution in [0.15, 0.2) is 0 Å². The zero-order valence-corrected chi connectivity index (χ0v) is 18.6. The molecule has 4 aliphatic carbocycles. The first-order valence-corrected chi connectivity index (χ1v) is 12.2. The van der Waals surface area contributed by atoms with Crippen molar-refractivity contribution in [3.8, 4) is 0 Å². The summed E-state index contributed by atoms with van der Waals surface area (Å²) in [5.41, 5.74) is 0.455. The van der Waals surface area contributed by atoms with Crippen molar-refractivity contribution in [2.24, 2.45) is 34.5 Å². The van der Waals surface area contributed by atoms with Crippen molar-refractivity contribution in [1.29, 1.82) is 0 Å². The Morgan fingerprint density at radius 2 is 1.86 bits per heavy atom. The largest absolute Gasteiger partial charge is 0.479 e. The molecule has 164 valence electrons. The van der Waals surface area contributed by atoms with Gasteiger partial charge in [0.1, 0.15) is 5.78 Å². The average Bonchev–Trinajstić information content (AvgIpc) is 3.01. The molecule has 0 aromatic heterocycles. The van der Waals surface area contributed by atoms with Gasteiger partial charge in [-0.1, -0.05) is 33.6 Å². The third-order valence-electron chi connectivity index (χ3n) is 9.82. The van der Waals surface area contributed by atoms with Gasteiger partial charge in [0, 0.05) is 12.8 Å². The Morgan fingerprint density at radius 1 is 1.10 bits per heavy atom. The van der Waals surface area contributed by atoms with E-state index in [0.717, 1.165) is 56.8 Å². The zero-order valence-electron chi connectivity index (χ0n) is 18.6. The molecular formula is C25H40O4. The van der Waals surface area contributed by atoms with E-state index in [1.54, 1.807) is 0 Å². The molecule has 0 heterocycles. The highest BCUT2D eigenvalue weighted by Gasteiger charge is 2.60. The van der Waals surface area contributed by atoms with Gasteiger partial charge in [-0.25, -0.2) is 4.79 Å². The van der Waals surface area contributed by atoms with Crippen molar-refractivity contribution in [3.63, 3.8) is 0 Å². The minimum Gasteiger partial charge on any atom is -0.479 e. The summed E-state index contributed by atoms with van der Waals surface area (Å²) in [6.45, 7) is 6.98. The lowest BCUT2D eigenvalue weighted by Gasteiger charge is -2.60. The molecule has 1 N–H and O–H groups in total. The van der Waals surface area contributed by atoms with E-state index in [4.69, 9.17) is 4.74 Å². The van der Waals surface area contributed by atoms with Crippen LogP contribution in [0.2, 0.25) is 0 Å². The van der Waals surface area contributed by atoms with Gasteiger partial charge < -0.3 is 9.84 Å². The van der Waals surface area contributed by atoms with Crippen LogP contribution in [-0.4, -0.2) is 29.1 Å². The summed E-state index contributed by atoms with van der Waals surface area (Å²) in [5.74, 6) is 2.40. The number of carbonyl (C=O) groups excluding carboxylic acids is 1. The second-order valence-corrected chi connectivity index (χ2v) is 11.1. The number of ketones is 1. The van der Waals surface area contributed by atoms with E-state index in [0.29, 0.717) is 29.5 Å². The lowest BCUT2D eigenvalue weighted by molar-refractivity contribution is -0.169. The topological polar surface area (TPSA) is 63.6 Å². The molecule has 0 spiro atoms. The Balaban J connectivity index is 1.50. The molecule has 4 heteroatoms. The van der Waals surface area contributed by atoms with E-state index in [2.05, 4.69) is 20.8 Å². The number of unbranched alkanes of at least 4 members (excludes halogenated alkanes) is 1. The minimum atomic E-state index is -0.793. The maximum Gasteiger partial charge on any atom is 0.332 e. The number of carboxylic acid groups (broad SMARTS) is 1. The van der Waals surface area contributed by atoms with E-state index in [-0.39, 0.29) is 11.5 Å². The quantitative estimate of drug-likeness (QED) is 0.623. The number of fused-ring (bicyclic) bond motifs is 5. The second kappa shape index (κ2) is 7.98. The predicted molar refractivity (Wildman–Crippen MR) is 113 cm³/mol. The van der Waals surface area contributed by atoms with Crippen molar-refractivity contribution < 1.29 is 19.4 Å². The first kappa shape index (κ1) is 21.3. The number of carbonyl (C=O) groups is 2. The molecule has 4 aliphatic rings. The molecule has 4 saturated carbocycles. The molecule has 1 unspecified atom stereocenters. The number of Topliss-reactive ketones (excluding diaryl/α,β-unsaturated/α-hetero) is 1. The lowest BCUT2D eigenvalue weighted by atomic mass is 9.45. The van der Waals surface area contributed by atoms with E-state index >= 15 is 0 Å². The van der Waals surface area contributed by atoms with Crippen molar-refractivity contribution in [3.05, 3.63) is 0 Å². The molecule has 8 atom stereocenters. The van der Waals surface area contributed by atoms with Gasteiger partial charge in [-0.3, -0.25) is 4.79 Å². The average molecular weight is 405 g/mol. The molecule has 0 bridgehead atoms. The van der Waals surface area contributed by atoms with Crippen molar-refractivity contribution >= 4 is 11.8 Å². The van der Waals surface area contributed by atoms with Crippen LogP contribution in [0.25, 0.3) is 0 Å². The predicted octanol–water partition coefficient (Wildman–Crippen LogP) is 5.63. The molecule has 0 amide bonds. The molecule has 0 aliphatic heterocycles. The fraction of sp³-hybridized carbons (Fsp3) is 0.920. The van der Waals surface area contributed by atoms with E-state index < -0.39 is 12.1 Å². The number of rotatable bonds is 6. The fourth-order valence-electron chi connectivity index (χ4n) is 8.06. The van der Waals surface area contributed by atoms with Crippen molar-refractivity contribution in [1.82, 2.24) is 0 Å². The fourth-order valence-corrected chi connectivity index (χ4v) is 8.06.